The lowest BCUT2D eigenvalue weighted by Gasteiger charge is -2.19. The topological polar surface area (TPSA) is 63.4 Å². The van der Waals surface area contributed by atoms with Crippen LogP contribution in [0.2, 0.25) is 0 Å². The molecule has 0 atom stereocenters. The lowest BCUT2D eigenvalue weighted by atomic mass is 10.2. The molecule has 1 saturated carbocycles. The second-order valence-corrected chi connectivity index (χ2v) is 6.66. The molecule has 0 heterocycles. The summed E-state index contributed by atoms with van der Waals surface area (Å²) >= 11 is 0. The average molecular weight is 272 g/mol. The van der Waals surface area contributed by atoms with Crippen LogP contribution >= 0.6 is 0 Å². The predicted octanol–water partition coefficient (Wildman–Crippen LogP) is 1.31. The fourth-order valence-electron chi connectivity index (χ4n) is 1.91. The van der Waals surface area contributed by atoms with Crippen LogP contribution in [0, 0.1) is 11.7 Å². The number of hydrogen-bond acceptors (Lipinski definition) is 3. The summed E-state index contributed by atoms with van der Waals surface area (Å²) in [5, 5.41) is 0. The van der Waals surface area contributed by atoms with E-state index in [9.17, 15) is 12.8 Å². The normalized spacial score (nSPS) is 16.2. The zero-order valence-corrected chi connectivity index (χ0v) is 11.1. The van der Waals surface area contributed by atoms with Crippen molar-refractivity contribution in [1.29, 1.82) is 0 Å². The molecule has 2 rings (SSSR count). The Balaban J connectivity index is 2.36. The monoisotopic (exact) mass is 272 g/mol. The third-order valence-corrected chi connectivity index (χ3v) is 5.09. The van der Waals surface area contributed by atoms with Gasteiger partial charge in [-0.2, -0.15) is 0 Å². The Bertz CT molecular complexity index is 541. The van der Waals surface area contributed by atoms with Gasteiger partial charge in [-0.1, -0.05) is 6.07 Å². The van der Waals surface area contributed by atoms with Crippen LogP contribution in [-0.2, 0) is 16.6 Å². The maximum atomic E-state index is 13.6. The molecular formula is C12H17FN2O2S. The van der Waals surface area contributed by atoms with Gasteiger partial charge in [0, 0.05) is 25.7 Å². The van der Waals surface area contributed by atoms with Gasteiger partial charge in [-0.3, -0.25) is 0 Å². The second kappa shape index (κ2) is 4.95. The minimum Gasteiger partial charge on any atom is -0.326 e. The molecule has 1 aromatic carbocycles. The van der Waals surface area contributed by atoms with Crippen molar-refractivity contribution in [2.45, 2.75) is 24.3 Å². The first-order valence-electron chi connectivity index (χ1n) is 5.90. The number of nitrogens with two attached hydrogens (primary N) is 1. The number of benzene rings is 1. The highest BCUT2D eigenvalue weighted by Crippen LogP contribution is 2.31. The van der Waals surface area contributed by atoms with Crippen LogP contribution in [0.3, 0.4) is 0 Å². The first-order chi connectivity index (χ1) is 8.46. The molecule has 0 aliphatic heterocycles. The maximum absolute atomic E-state index is 13.6. The van der Waals surface area contributed by atoms with Crippen molar-refractivity contribution in [2.24, 2.45) is 11.7 Å². The van der Waals surface area contributed by atoms with Crippen LogP contribution in [0.15, 0.2) is 23.1 Å². The molecule has 1 aromatic rings. The van der Waals surface area contributed by atoms with Crippen LogP contribution in [-0.4, -0.2) is 26.3 Å². The van der Waals surface area contributed by atoms with E-state index in [1.807, 2.05) is 0 Å². The second-order valence-electron chi connectivity index (χ2n) is 4.65. The van der Waals surface area contributed by atoms with E-state index < -0.39 is 15.8 Å². The van der Waals surface area contributed by atoms with Gasteiger partial charge in [0.2, 0.25) is 10.0 Å². The molecule has 2 N–H and O–H groups in total. The van der Waals surface area contributed by atoms with Gasteiger partial charge in [-0.25, -0.2) is 17.1 Å². The SMILES string of the molecule is CN(CC1CC1)S(=O)(=O)c1cccc(F)c1CN. The van der Waals surface area contributed by atoms with Crippen LogP contribution in [0.25, 0.3) is 0 Å². The number of nitrogens with zero attached hydrogens (tertiary/aromatic N) is 1. The van der Waals surface area contributed by atoms with E-state index in [1.165, 1.54) is 29.6 Å². The predicted molar refractivity (Wildman–Crippen MR) is 66.8 cm³/mol. The lowest BCUT2D eigenvalue weighted by molar-refractivity contribution is 0.451. The van der Waals surface area contributed by atoms with Crippen molar-refractivity contribution in [3.05, 3.63) is 29.6 Å². The fraction of sp³-hybridized carbons (Fsp3) is 0.500. The fourth-order valence-corrected chi connectivity index (χ4v) is 3.39. The van der Waals surface area contributed by atoms with E-state index in [0.29, 0.717) is 12.5 Å². The molecule has 0 unspecified atom stereocenters. The molecule has 4 nitrogen and oxygen atoms in total. The third-order valence-electron chi connectivity index (χ3n) is 3.18. The van der Waals surface area contributed by atoms with Crippen molar-refractivity contribution in [2.75, 3.05) is 13.6 Å². The zero-order chi connectivity index (χ0) is 13.3. The molecule has 1 aliphatic carbocycles. The van der Waals surface area contributed by atoms with Crippen LogP contribution in [0.1, 0.15) is 18.4 Å². The van der Waals surface area contributed by atoms with E-state index in [0.717, 1.165) is 12.8 Å². The first-order valence-corrected chi connectivity index (χ1v) is 7.34. The Kier molecular flexibility index (Phi) is 3.70. The third kappa shape index (κ3) is 2.55. The summed E-state index contributed by atoms with van der Waals surface area (Å²) in [6.45, 7) is 0.362. The van der Waals surface area contributed by atoms with Crippen LogP contribution < -0.4 is 5.73 Å². The largest absolute Gasteiger partial charge is 0.326 e. The first kappa shape index (κ1) is 13.5. The van der Waals surface area contributed by atoms with Crippen molar-refractivity contribution in [3.8, 4) is 0 Å². The Hall–Kier alpha value is -0.980. The molecule has 0 spiro atoms. The van der Waals surface area contributed by atoms with Crippen molar-refractivity contribution in [3.63, 3.8) is 0 Å². The van der Waals surface area contributed by atoms with E-state index in [2.05, 4.69) is 0 Å². The molecule has 100 valence electrons. The molecule has 0 bridgehead atoms. The molecule has 0 radical (unpaired) electrons. The van der Waals surface area contributed by atoms with Gasteiger partial charge in [-0.05, 0) is 30.9 Å². The molecule has 1 aliphatic rings. The van der Waals surface area contributed by atoms with Crippen molar-refractivity contribution < 1.29 is 12.8 Å². The number of halogens is 1. The van der Waals surface area contributed by atoms with Crippen molar-refractivity contribution in [1.82, 2.24) is 4.31 Å². The minimum atomic E-state index is -3.65. The highest BCUT2D eigenvalue weighted by atomic mass is 32.2. The Labute approximate surface area is 107 Å². The summed E-state index contributed by atoms with van der Waals surface area (Å²) in [5.74, 6) is -0.127. The molecule has 6 heteroatoms. The van der Waals surface area contributed by atoms with Gasteiger partial charge in [0.05, 0.1) is 4.90 Å². The average Bonchev–Trinajstić information content (AvgIpc) is 3.12. The maximum Gasteiger partial charge on any atom is 0.243 e. The molecule has 1 fully saturated rings. The van der Waals surface area contributed by atoms with E-state index in [-0.39, 0.29) is 17.0 Å². The number of sulfonamides is 1. The van der Waals surface area contributed by atoms with E-state index >= 15 is 0 Å². The van der Waals surface area contributed by atoms with Gasteiger partial charge in [0.25, 0.3) is 0 Å². The van der Waals surface area contributed by atoms with Gasteiger partial charge in [0.15, 0.2) is 0 Å². The van der Waals surface area contributed by atoms with E-state index in [1.54, 1.807) is 0 Å². The van der Waals surface area contributed by atoms with E-state index in [4.69, 9.17) is 5.73 Å². The van der Waals surface area contributed by atoms with Crippen LogP contribution in [0.5, 0.6) is 0 Å². The van der Waals surface area contributed by atoms with Gasteiger partial charge in [-0.15, -0.1) is 0 Å². The number of rotatable bonds is 5. The van der Waals surface area contributed by atoms with Crippen LogP contribution in [0.4, 0.5) is 4.39 Å². The molecule has 0 amide bonds. The summed E-state index contributed by atoms with van der Waals surface area (Å²) in [6.07, 6.45) is 2.12. The summed E-state index contributed by atoms with van der Waals surface area (Å²) in [7, 11) is -2.12. The summed E-state index contributed by atoms with van der Waals surface area (Å²) in [5.41, 5.74) is 5.49. The smallest absolute Gasteiger partial charge is 0.243 e. The summed E-state index contributed by atoms with van der Waals surface area (Å²) in [4.78, 5) is -0.0202. The molecular weight excluding hydrogens is 255 g/mol. The highest BCUT2D eigenvalue weighted by molar-refractivity contribution is 7.89. The van der Waals surface area contributed by atoms with Crippen molar-refractivity contribution >= 4 is 10.0 Å². The molecule has 18 heavy (non-hydrogen) atoms. The van der Waals surface area contributed by atoms with Gasteiger partial charge >= 0.3 is 0 Å². The molecule has 0 saturated heterocycles. The van der Waals surface area contributed by atoms with Gasteiger partial charge < -0.3 is 5.73 Å². The number of hydrogen-bond donors (Lipinski definition) is 1. The quantitative estimate of drug-likeness (QED) is 0.879. The zero-order valence-electron chi connectivity index (χ0n) is 10.3. The molecule has 0 aromatic heterocycles. The summed E-state index contributed by atoms with van der Waals surface area (Å²) < 4.78 is 39.5. The van der Waals surface area contributed by atoms with Gasteiger partial charge in [0.1, 0.15) is 5.82 Å². The minimum absolute atomic E-state index is 0.0202. The summed E-state index contributed by atoms with van der Waals surface area (Å²) in [6, 6.07) is 4.03. The highest BCUT2D eigenvalue weighted by Gasteiger charge is 2.30. The standard InChI is InChI=1S/C12H17FN2O2S/c1-15(8-9-5-6-9)18(16,17)12-4-2-3-11(13)10(12)7-14/h2-4,9H,5-8,14H2,1H3. The lowest BCUT2D eigenvalue weighted by Crippen LogP contribution is -2.30. The Morgan fingerprint density at radius 2 is 2.11 bits per heavy atom. The Morgan fingerprint density at radius 3 is 2.67 bits per heavy atom. The Morgan fingerprint density at radius 1 is 1.44 bits per heavy atom.